The summed E-state index contributed by atoms with van der Waals surface area (Å²) in [6.45, 7) is 5.16. The average Bonchev–Trinajstić information content (AvgIpc) is 2.49. The van der Waals surface area contributed by atoms with Gasteiger partial charge in [-0.25, -0.2) is 4.98 Å². The third-order valence-corrected chi connectivity index (χ3v) is 2.22. The molecule has 1 aliphatic rings. The molecule has 0 aliphatic carbocycles. The Bertz CT molecular complexity index is 294. The Morgan fingerprint density at radius 2 is 2.33 bits per heavy atom. The predicted molar refractivity (Wildman–Crippen MR) is 47.5 cm³/mol. The second kappa shape index (κ2) is 2.77. The largest absolute Gasteiger partial charge is 0.477 e. The molecule has 12 heavy (non-hydrogen) atoms. The summed E-state index contributed by atoms with van der Waals surface area (Å²) in [7, 11) is 0. The Balaban J connectivity index is 2.39. The Kier molecular flexibility index (Phi) is 1.75. The highest BCUT2D eigenvalue weighted by Crippen LogP contribution is 2.25. The predicted octanol–water partition coefficient (Wildman–Crippen LogP) is 2.14. The highest BCUT2D eigenvalue weighted by Gasteiger charge is 2.14. The van der Waals surface area contributed by atoms with E-state index in [1.54, 1.807) is 0 Å². The van der Waals surface area contributed by atoms with Crippen molar-refractivity contribution in [3.8, 4) is 5.88 Å². The third-order valence-electron chi connectivity index (χ3n) is 2.22. The molecular formula is C10H13NO. The molecule has 0 radical (unpaired) electrons. The molecule has 0 aromatic carbocycles. The topological polar surface area (TPSA) is 22.1 Å². The summed E-state index contributed by atoms with van der Waals surface area (Å²) in [6, 6.07) is 2.21. The van der Waals surface area contributed by atoms with E-state index in [1.165, 1.54) is 11.1 Å². The number of nitrogens with zero attached hydrogens (tertiary/aromatic N) is 1. The quantitative estimate of drug-likeness (QED) is 0.632. The van der Waals surface area contributed by atoms with Gasteiger partial charge in [0.1, 0.15) is 0 Å². The van der Waals surface area contributed by atoms with Crippen molar-refractivity contribution in [1.29, 1.82) is 0 Å². The van der Waals surface area contributed by atoms with E-state index >= 15 is 0 Å². The molecule has 0 unspecified atom stereocenters. The fourth-order valence-corrected chi connectivity index (χ4v) is 1.40. The van der Waals surface area contributed by atoms with Crippen LogP contribution >= 0.6 is 0 Å². The number of hydrogen-bond acceptors (Lipinski definition) is 2. The van der Waals surface area contributed by atoms with Gasteiger partial charge in [-0.15, -0.1) is 0 Å². The minimum absolute atomic E-state index is 0.559. The van der Waals surface area contributed by atoms with E-state index in [2.05, 4.69) is 24.9 Å². The van der Waals surface area contributed by atoms with Crippen LogP contribution in [-0.4, -0.2) is 11.6 Å². The first-order chi connectivity index (χ1) is 5.77. The first kappa shape index (κ1) is 7.59. The molecule has 0 bridgehead atoms. The number of hydrogen-bond donors (Lipinski definition) is 0. The molecule has 2 nitrogen and oxygen atoms in total. The van der Waals surface area contributed by atoms with Crippen molar-refractivity contribution in [1.82, 2.24) is 4.98 Å². The Labute approximate surface area is 72.6 Å². The maximum atomic E-state index is 5.32. The summed E-state index contributed by atoms with van der Waals surface area (Å²) < 4.78 is 5.32. The lowest BCUT2D eigenvalue weighted by atomic mass is 10.0. The van der Waals surface area contributed by atoms with E-state index in [0.717, 1.165) is 18.9 Å². The van der Waals surface area contributed by atoms with Gasteiger partial charge in [0.25, 0.3) is 0 Å². The summed E-state index contributed by atoms with van der Waals surface area (Å²) in [5.74, 6) is 1.39. The molecular weight excluding hydrogens is 150 g/mol. The minimum atomic E-state index is 0.559. The lowest BCUT2D eigenvalue weighted by molar-refractivity contribution is 0.344. The summed E-state index contributed by atoms with van der Waals surface area (Å²) in [4.78, 5) is 4.26. The van der Waals surface area contributed by atoms with Crippen LogP contribution in [0.3, 0.4) is 0 Å². The number of ether oxygens (including phenoxy) is 1. The average molecular weight is 163 g/mol. The molecule has 1 aromatic rings. The van der Waals surface area contributed by atoms with E-state index in [4.69, 9.17) is 4.74 Å². The molecule has 0 saturated carbocycles. The van der Waals surface area contributed by atoms with Crippen LogP contribution in [0, 0.1) is 0 Å². The van der Waals surface area contributed by atoms with E-state index in [9.17, 15) is 0 Å². The van der Waals surface area contributed by atoms with Crippen molar-refractivity contribution in [2.75, 3.05) is 6.61 Å². The Morgan fingerprint density at radius 1 is 1.50 bits per heavy atom. The van der Waals surface area contributed by atoms with Gasteiger partial charge in [-0.05, 0) is 17.5 Å². The van der Waals surface area contributed by atoms with Gasteiger partial charge in [0, 0.05) is 18.2 Å². The molecule has 1 aliphatic heterocycles. The fourth-order valence-electron chi connectivity index (χ4n) is 1.40. The summed E-state index contributed by atoms with van der Waals surface area (Å²) >= 11 is 0. The first-order valence-corrected chi connectivity index (χ1v) is 4.39. The highest BCUT2D eigenvalue weighted by atomic mass is 16.5. The summed E-state index contributed by atoms with van der Waals surface area (Å²) in [5, 5.41) is 0. The molecule has 0 N–H and O–H groups in total. The van der Waals surface area contributed by atoms with Crippen LogP contribution in [0.25, 0.3) is 0 Å². The van der Waals surface area contributed by atoms with Gasteiger partial charge >= 0.3 is 0 Å². The lowest BCUT2D eigenvalue weighted by Crippen LogP contribution is -1.91. The van der Waals surface area contributed by atoms with Gasteiger partial charge in [-0.2, -0.15) is 0 Å². The summed E-state index contributed by atoms with van der Waals surface area (Å²) in [6.07, 6.45) is 2.93. The monoisotopic (exact) mass is 163 g/mol. The normalized spacial score (nSPS) is 14.6. The van der Waals surface area contributed by atoms with Crippen LogP contribution in [0.2, 0.25) is 0 Å². The smallest absolute Gasteiger partial charge is 0.216 e. The van der Waals surface area contributed by atoms with Gasteiger partial charge in [-0.1, -0.05) is 13.8 Å². The first-order valence-electron chi connectivity index (χ1n) is 4.39. The van der Waals surface area contributed by atoms with Crippen molar-refractivity contribution in [2.45, 2.75) is 26.2 Å². The van der Waals surface area contributed by atoms with Gasteiger partial charge in [-0.3, -0.25) is 0 Å². The lowest BCUT2D eigenvalue weighted by Gasteiger charge is -2.05. The number of fused-ring (bicyclic) bond motifs is 1. The van der Waals surface area contributed by atoms with Crippen molar-refractivity contribution in [3.05, 3.63) is 23.4 Å². The Morgan fingerprint density at radius 3 is 3.08 bits per heavy atom. The van der Waals surface area contributed by atoms with Crippen LogP contribution in [0.15, 0.2) is 12.3 Å². The van der Waals surface area contributed by atoms with E-state index < -0.39 is 0 Å². The van der Waals surface area contributed by atoms with Gasteiger partial charge in [0.15, 0.2) is 0 Å². The maximum absolute atomic E-state index is 5.32. The SMILES string of the molecule is CC(C)c1cnc2c(c1)CCO2. The minimum Gasteiger partial charge on any atom is -0.477 e. The maximum Gasteiger partial charge on any atom is 0.216 e. The Hall–Kier alpha value is -1.05. The molecule has 2 heteroatoms. The number of rotatable bonds is 1. The number of pyridine rings is 1. The molecule has 0 saturated heterocycles. The van der Waals surface area contributed by atoms with Gasteiger partial charge in [0.05, 0.1) is 6.61 Å². The van der Waals surface area contributed by atoms with Gasteiger partial charge in [0.2, 0.25) is 5.88 Å². The highest BCUT2D eigenvalue weighted by molar-refractivity contribution is 5.33. The van der Waals surface area contributed by atoms with Crippen LogP contribution in [0.5, 0.6) is 5.88 Å². The molecule has 0 spiro atoms. The van der Waals surface area contributed by atoms with Crippen molar-refractivity contribution in [3.63, 3.8) is 0 Å². The van der Waals surface area contributed by atoms with Crippen LogP contribution in [-0.2, 0) is 6.42 Å². The molecule has 0 amide bonds. The van der Waals surface area contributed by atoms with Crippen molar-refractivity contribution in [2.24, 2.45) is 0 Å². The van der Waals surface area contributed by atoms with Crippen LogP contribution in [0.1, 0.15) is 30.9 Å². The molecule has 1 aromatic heterocycles. The fraction of sp³-hybridized carbons (Fsp3) is 0.500. The zero-order valence-corrected chi connectivity index (χ0v) is 7.50. The van der Waals surface area contributed by atoms with Crippen LogP contribution in [0.4, 0.5) is 0 Å². The van der Waals surface area contributed by atoms with E-state index in [0.29, 0.717) is 5.92 Å². The molecule has 64 valence electrons. The van der Waals surface area contributed by atoms with Crippen molar-refractivity contribution < 1.29 is 4.74 Å². The second-order valence-electron chi connectivity index (χ2n) is 3.49. The summed E-state index contributed by atoms with van der Waals surface area (Å²) in [5.41, 5.74) is 2.57. The molecule has 2 rings (SSSR count). The standard InChI is InChI=1S/C10H13NO/c1-7(2)9-5-8-3-4-12-10(8)11-6-9/h5-7H,3-4H2,1-2H3. The van der Waals surface area contributed by atoms with Crippen molar-refractivity contribution >= 4 is 0 Å². The van der Waals surface area contributed by atoms with E-state index in [1.807, 2.05) is 6.20 Å². The second-order valence-corrected chi connectivity index (χ2v) is 3.49. The number of aromatic nitrogens is 1. The molecule has 0 fully saturated rings. The van der Waals surface area contributed by atoms with Crippen LogP contribution < -0.4 is 4.74 Å². The van der Waals surface area contributed by atoms with E-state index in [-0.39, 0.29) is 0 Å². The zero-order chi connectivity index (χ0) is 8.55. The zero-order valence-electron chi connectivity index (χ0n) is 7.50. The third kappa shape index (κ3) is 1.17. The van der Waals surface area contributed by atoms with Gasteiger partial charge < -0.3 is 4.74 Å². The molecule has 2 heterocycles. The molecule has 0 atom stereocenters.